The van der Waals surface area contributed by atoms with E-state index >= 15 is 0 Å². The van der Waals surface area contributed by atoms with Crippen LogP contribution in [0, 0.1) is 0 Å². The van der Waals surface area contributed by atoms with Gasteiger partial charge in [0.15, 0.2) is 0 Å². The number of hydrogen-bond donors (Lipinski definition) is 1. The third kappa shape index (κ3) is 4.36. The van der Waals surface area contributed by atoms with Crippen molar-refractivity contribution in [1.82, 2.24) is 0 Å². The van der Waals surface area contributed by atoms with E-state index in [2.05, 4.69) is 5.32 Å². The fourth-order valence-electron chi connectivity index (χ4n) is 1.77. The fourth-order valence-corrected chi connectivity index (χ4v) is 1.94. The van der Waals surface area contributed by atoms with Gasteiger partial charge in [-0.1, -0.05) is 41.9 Å². The highest BCUT2D eigenvalue weighted by molar-refractivity contribution is 6.30. The molecule has 22 heavy (non-hydrogen) atoms. The summed E-state index contributed by atoms with van der Waals surface area (Å²) in [5.41, 5.74) is -0.550. The number of amides is 1. The summed E-state index contributed by atoms with van der Waals surface area (Å²) in [4.78, 5) is 11.8. The minimum absolute atomic E-state index is 0.0508. The van der Waals surface area contributed by atoms with Gasteiger partial charge in [0, 0.05) is 11.1 Å². The van der Waals surface area contributed by atoms with Gasteiger partial charge in [0.05, 0.1) is 11.3 Å². The Balaban J connectivity index is 2.17. The monoisotopic (exact) mass is 325 g/mol. The zero-order chi connectivity index (χ0) is 16.2. The molecule has 0 aliphatic heterocycles. The summed E-state index contributed by atoms with van der Waals surface area (Å²) in [6.45, 7) is 0. The lowest BCUT2D eigenvalue weighted by molar-refractivity contribution is -0.136. The predicted molar refractivity (Wildman–Crippen MR) is 80.6 cm³/mol. The topological polar surface area (TPSA) is 29.1 Å². The van der Waals surface area contributed by atoms with Crippen molar-refractivity contribution >= 4 is 29.3 Å². The maximum Gasteiger partial charge on any atom is 0.418 e. The van der Waals surface area contributed by atoms with Crippen molar-refractivity contribution in [2.45, 2.75) is 6.18 Å². The molecule has 0 unspecified atom stereocenters. The average Bonchev–Trinajstić information content (AvgIpc) is 2.47. The molecule has 0 spiro atoms. The molecule has 0 heterocycles. The number of carbonyl (C=O) groups is 1. The number of nitrogens with one attached hydrogen (secondary N) is 1. The van der Waals surface area contributed by atoms with Gasteiger partial charge in [0.25, 0.3) is 0 Å². The summed E-state index contributed by atoms with van der Waals surface area (Å²) in [6.07, 6.45) is -1.92. The predicted octanol–water partition coefficient (Wildman–Crippen LogP) is 5.01. The first-order valence-corrected chi connectivity index (χ1v) is 6.65. The molecule has 0 bridgehead atoms. The molecule has 1 amide bonds. The summed E-state index contributed by atoms with van der Waals surface area (Å²) in [5, 5.41) is 2.16. The number of benzene rings is 2. The van der Waals surface area contributed by atoms with Crippen molar-refractivity contribution in [2.24, 2.45) is 0 Å². The molecule has 0 atom stereocenters. The van der Waals surface area contributed by atoms with Crippen molar-refractivity contribution in [2.75, 3.05) is 5.32 Å². The van der Waals surface area contributed by atoms with Crippen LogP contribution in [0.15, 0.2) is 54.6 Å². The third-order valence-corrected chi connectivity index (χ3v) is 3.01. The smallest absolute Gasteiger partial charge is 0.322 e. The van der Waals surface area contributed by atoms with Gasteiger partial charge in [-0.25, -0.2) is 0 Å². The molecule has 0 saturated heterocycles. The highest BCUT2D eigenvalue weighted by Gasteiger charge is 2.34. The standard InChI is InChI=1S/C16H11ClF3NO/c17-12-7-8-14(13(10-12)16(18,19)20)21-15(22)9-6-11-4-2-1-3-5-11/h1-10H,(H,21,22). The van der Waals surface area contributed by atoms with E-state index in [4.69, 9.17) is 11.6 Å². The third-order valence-electron chi connectivity index (χ3n) is 2.77. The Morgan fingerprint density at radius 1 is 1.09 bits per heavy atom. The lowest BCUT2D eigenvalue weighted by Crippen LogP contribution is -2.14. The van der Waals surface area contributed by atoms with Crippen molar-refractivity contribution < 1.29 is 18.0 Å². The van der Waals surface area contributed by atoms with Crippen LogP contribution in [0.3, 0.4) is 0 Å². The zero-order valence-electron chi connectivity index (χ0n) is 11.2. The van der Waals surface area contributed by atoms with E-state index in [0.717, 1.165) is 17.7 Å². The summed E-state index contributed by atoms with van der Waals surface area (Å²) < 4.78 is 38.7. The molecular formula is C16H11ClF3NO. The molecule has 114 valence electrons. The first kappa shape index (κ1) is 16.1. The highest BCUT2D eigenvalue weighted by Crippen LogP contribution is 2.36. The second-order valence-electron chi connectivity index (χ2n) is 4.42. The summed E-state index contributed by atoms with van der Waals surface area (Å²) in [5.74, 6) is -0.656. The minimum atomic E-state index is -4.60. The number of rotatable bonds is 3. The molecule has 0 saturated carbocycles. The van der Waals surface area contributed by atoms with Crippen LogP contribution < -0.4 is 5.32 Å². The van der Waals surface area contributed by atoms with Crippen LogP contribution in [0.4, 0.5) is 18.9 Å². The average molecular weight is 326 g/mol. The second-order valence-corrected chi connectivity index (χ2v) is 4.86. The Labute approximate surface area is 130 Å². The number of alkyl halides is 3. The first-order chi connectivity index (χ1) is 10.4. The van der Waals surface area contributed by atoms with Crippen LogP contribution in [0.1, 0.15) is 11.1 Å². The number of hydrogen-bond acceptors (Lipinski definition) is 1. The highest BCUT2D eigenvalue weighted by atomic mass is 35.5. The van der Waals surface area contributed by atoms with Crippen LogP contribution in [0.2, 0.25) is 5.02 Å². The van der Waals surface area contributed by atoms with Gasteiger partial charge in [-0.05, 0) is 29.8 Å². The van der Waals surface area contributed by atoms with Gasteiger partial charge >= 0.3 is 6.18 Å². The number of halogens is 4. The van der Waals surface area contributed by atoms with Crippen LogP contribution in [0.25, 0.3) is 6.08 Å². The zero-order valence-corrected chi connectivity index (χ0v) is 11.9. The van der Waals surface area contributed by atoms with E-state index in [-0.39, 0.29) is 10.7 Å². The summed E-state index contributed by atoms with van der Waals surface area (Å²) in [7, 11) is 0. The molecule has 2 nitrogen and oxygen atoms in total. The number of anilines is 1. The molecule has 0 fully saturated rings. The summed E-state index contributed by atoms with van der Waals surface area (Å²) in [6, 6.07) is 12.1. The molecule has 2 rings (SSSR count). The Hall–Kier alpha value is -2.27. The van der Waals surface area contributed by atoms with E-state index in [1.165, 1.54) is 18.2 Å². The van der Waals surface area contributed by atoms with E-state index < -0.39 is 17.6 Å². The fraction of sp³-hybridized carbons (Fsp3) is 0.0625. The Morgan fingerprint density at radius 2 is 1.77 bits per heavy atom. The molecule has 0 aliphatic carbocycles. The van der Waals surface area contributed by atoms with Crippen molar-refractivity contribution in [3.8, 4) is 0 Å². The van der Waals surface area contributed by atoms with Crippen molar-refractivity contribution in [1.29, 1.82) is 0 Å². The van der Waals surface area contributed by atoms with Crippen LogP contribution in [-0.4, -0.2) is 5.91 Å². The second kappa shape index (κ2) is 6.66. The quantitative estimate of drug-likeness (QED) is 0.790. The van der Waals surface area contributed by atoms with Gasteiger partial charge in [0.2, 0.25) is 5.91 Å². The maximum absolute atomic E-state index is 12.9. The van der Waals surface area contributed by atoms with Crippen LogP contribution in [0.5, 0.6) is 0 Å². The Morgan fingerprint density at radius 3 is 2.41 bits per heavy atom. The van der Waals surface area contributed by atoms with Crippen LogP contribution >= 0.6 is 11.6 Å². The van der Waals surface area contributed by atoms with Gasteiger partial charge in [0.1, 0.15) is 0 Å². The van der Waals surface area contributed by atoms with Gasteiger partial charge < -0.3 is 5.32 Å². The normalized spacial score (nSPS) is 11.6. The van der Waals surface area contributed by atoms with Gasteiger partial charge in [-0.2, -0.15) is 13.2 Å². The number of carbonyl (C=O) groups excluding carboxylic acids is 1. The van der Waals surface area contributed by atoms with Crippen LogP contribution in [-0.2, 0) is 11.0 Å². The molecule has 2 aromatic rings. The lowest BCUT2D eigenvalue weighted by Gasteiger charge is -2.13. The molecule has 6 heteroatoms. The maximum atomic E-state index is 12.9. The Kier molecular flexibility index (Phi) is 4.88. The van der Waals surface area contributed by atoms with E-state index in [1.807, 2.05) is 6.07 Å². The lowest BCUT2D eigenvalue weighted by atomic mass is 10.1. The van der Waals surface area contributed by atoms with Crippen molar-refractivity contribution in [3.63, 3.8) is 0 Å². The SMILES string of the molecule is O=C(C=Cc1ccccc1)Nc1ccc(Cl)cc1C(F)(F)F. The molecular weight excluding hydrogens is 315 g/mol. The molecule has 0 aliphatic rings. The van der Waals surface area contributed by atoms with E-state index in [0.29, 0.717) is 0 Å². The molecule has 0 aromatic heterocycles. The molecule has 0 radical (unpaired) electrons. The van der Waals surface area contributed by atoms with Crippen molar-refractivity contribution in [3.05, 3.63) is 70.8 Å². The van der Waals surface area contributed by atoms with Gasteiger partial charge in [-0.15, -0.1) is 0 Å². The molecule has 2 aromatic carbocycles. The van der Waals surface area contributed by atoms with Gasteiger partial charge in [-0.3, -0.25) is 4.79 Å². The van der Waals surface area contributed by atoms with E-state index in [1.54, 1.807) is 24.3 Å². The van der Waals surface area contributed by atoms with E-state index in [9.17, 15) is 18.0 Å². The largest absolute Gasteiger partial charge is 0.418 e. The summed E-state index contributed by atoms with van der Waals surface area (Å²) >= 11 is 5.57. The Bertz CT molecular complexity index is 696. The molecule has 1 N–H and O–H groups in total. The first-order valence-electron chi connectivity index (χ1n) is 6.27. The minimum Gasteiger partial charge on any atom is -0.322 e.